The maximum atomic E-state index is 4.67. The Morgan fingerprint density at radius 3 is 2.67 bits per heavy atom. The van der Waals surface area contributed by atoms with Gasteiger partial charge in [0.15, 0.2) is 0 Å². The van der Waals surface area contributed by atoms with Gasteiger partial charge in [0, 0.05) is 17.5 Å². The van der Waals surface area contributed by atoms with Gasteiger partial charge in [-0.2, -0.15) is 5.10 Å². The van der Waals surface area contributed by atoms with E-state index in [0.717, 1.165) is 39.7 Å². The molecular weight excluding hydrogens is 262 g/mol. The quantitative estimate of drug-likeness (QED) is 0.674. The molecule has 0 aliphatic carbocycles. The molecule has 0 saturated heterocycles. The van der Waals surface area contributed by atoms with E-state index in [4.69, 9.17) is 0 Å². The summed E-state index contributed by atoms with van der Waals surface area (Å²) < 4.78 is 1.83. The third-order valence-corrected chi connectivity index (χ3v) is 3.21. The van der Waals surface area contributed by atoms with Crippen LogP contribution in [-0.4, -0.2) is 25.3 Å². The summed E-state index contributed by atoms with van der Waals surface area (Å²) in [5.41, 5.74) is 5.74. The summed E-state index contributed by atoms with van der Waals surface area (Å²) in [5.74, 6) is 0.747. The van der Waals surface area contributed by atoms with Gasteiger partial charge < -0.3 is 0 Å². The molecule has 5 nitrogen and oxygen atoms in total. The average molecular weight is 279 g/mol. The Hall–Kier alpha value is -2.56. The third-order valence-electron chi connectivity index (χ3n) is 3.21. The molecule has 21 heavy (non-hydrogen) atoms. The average Bonchev–Trinajstić information content (AvgIpc) is 2.83. The number of hydrogen-bond acceptors (Lipinski definition) is 4. The van der Waals surface area contributed by atoms with Gasteiger partial charge in [-0.3, -0.25) is 9.98 Å². The van der Waals surface area contributed by atoms with Crippen molar-refractivity contribution in [2.24, 2.45) is 4.99 Å². The van der Waals surface area contributed by atoms with Crippen molar-refractivity contribution in [3.05, 3.63) is 42.1 Å². The van der Waals surface area contributed by atoms with Gasteiger partial charge in [0.05, 0.1) is 28.8 Å². The predicted molar refractivity (Wildman–Crippen MR) is 84.1 cm³/mol. The standard InChI is InChI=1S/C16H17N5/c1-10(2)18-14-5-6-15(19-11(14)3)13-7-8-21-16(13)9-17-12(4)20-21/h5-9H,1-4H3. The van der Waals surface area contributed by atoms with Crippen molar-refractivity contribution in [2.75, 3.05) is 0 Å². The molecule has 0 aromatic carbocycles. The van der Waals surface area contributed by atoms with Crippen LogP contribution in [0, 0.1) is 13.8 Å². The van der Waals surface area contributed by atoms with Gasteiger partial charge in [-0.15, -0.1) is 0 Å². The zero-order valence-corrected chi connectivity index (χ0v) is 12.6. The van der Waals surface area contributed by atoms with Crippen LogP contribution >= 0.6 is 0 Å². The van der Waals surface area contributed by atoms with Crippen molar-refractivity contribution >= 4 is 16.9 Å². The Bertz CT molecular complexity index is 841. The fourth-order valence-electron chi connectivity index (χ4n) is 2.27. The summed E-state index contributed by atoms with van der Waals surface area (Å²) in [6.07, 6.45) is 3.76. The number of aliphatic imine (C=N–C) groups is 1. The van der Waals surface area contributed by atoms with Gasteiger partial charge in [0.1, 0.15) is 5.82 Å². The molecule has 3 rings (SSSR count). The molecule has 0 amide bonds. The number of aryl methyl sites for hydroxylation is 2. The van der Waals surface area contributed by atoms with Crippen LogP contribution in [0.5, 0.6) is 0 Å². The van der Waals surface area contributed by atoms with E-state index in [1.54, 1.807) is 0 Å². The maximum absolute atomic E-state index is 4.67. The first-order valence-electron chi connectivity index (χ1n) is 6.85. The van der Waals surface area contributed by atoms with Crippen molar-refractivity contribution in [1.82, 2.24) is 19.6 Å². The minimum absolute atomic E-state index is 0.747. The Kier molecular flexibility index (Phi) is 3.25. The second-order valence-corrected chi connectivity index (χ2v) is 5.22. The molecule has 0 saturated carbocycles. The Morgan fingerprint density at radius 2 is 1.95 bits per heavy atom. The van der Waals surface area contributed by atoms with Crippen LogP contribution in [0.2, 0.25) is 0 Å². The Balaban J connectivity index is 2.11. The first-order valence-corrected chi connectivity index (χ1v) is 6.85. The lowest BCUT2D eigenvalue weighted by Gasteiger charge is -2.04. The van der Waals surface area contributed by atoms with Crippen LogP contribution in [0.3, 0.4) is 0 Å². The van der Waals surface area contributed by atoms with Gasteiger partial charge in [0.2, 0.25) is 0 Å². The highest BCUT2D eigenvalue weighted by Gasteiger charge is 2.09. The lowest BCUT2D eigenvalue weighted by atomic mass is 10.1. The molecule has 3 aromatic heterocycles. The largest absolute Gasteiger partial charge is 0.257 e. The first-order chi connectivity index (χ1) is 10.0. The van der Waals surface area contributed by atoms with Crippen molar-refractivity contribution in [2.45, 2.75) is 27.7 Å². The van der Waals surface area contributed by atoms with Gasteiger partial charge >= 0.3 is 0 Å². The molecular formula is C16H17N5. The summed E-state index contributed by atoms with van der Waals surface area (Å²) in [7, 11) is 0. The summed E-state index contributed by atoms with van der Waals surface area (Å²) in [5, 5.41) is 4.36. The van der Waals surface area contributed by atoms with E-state index in [1.807, 2.05) is 62.8 Å². The van der Waals surface area contributed by atoms with E-state index in [9.17, 15) is 0 Å². The van der Waals surface area contributed by atoms with Crippen molar-refractivity contribution in [3.8, 4) is 11.3 Å². The number of hydrogen-bond donors (Lipinski definition) is 0. The Morgan fingerprint density at radius 1 is 1.14 bits per heavy atom. The summed E-state index contributed by atoms with van der Waals surface area (Å²) in [6, 6.07) is 6.01. The first kappa shape index (κ1) is 13.4. The van der Waals surface area contributed by atoms with Gasteiger partial charge in [-0.05, 0) is 45.9 Å². The van der Waals surface area contributed by atoms with E-state index < -0.39 is 0 Å². The highest BCUT2D eigenvalue weighted by molar-refractivity contribution is 5.83. The predicted octanol–water partition coefficient (Wildman–Crippen LogP) is 3.52. The van der Waals surface area contributed by atoms with Crippen LogP contribution in [0.15, 0.2) is 35.6 Å². The minimum atomic E-state index is 0.747. The lowest BCUT2D eigenvalue weighted by Crippen LogP contribution is -1.96. The number of aromatic nitrogens is 4. The van der Waals surface area contributed by atoms with Gasteiger partial charge in [-0.25, -0.2) is 9.50 Å². The van der Waals surface area contributed by atoms with Gasteiger partial charge in [0.25, 0.3) is 0 Å². The third kappa shape index (κ3) is 2.54. The van der Waals surface area contributed by atoms with E-state index in [-0.39, 0.29) is 0 Å². The van der Waals surface area contributed by atoms with E-state index >= 15 is 0 Å². The molecule has 5 heteroatoms. The second kappa shape index (κ2) is 5.09. The molecule has 0 fully saturated rings. The monoisotopic (exact) mass is 279 g/mol. The smallest absolute Gasteiger partial charge is 0.146 e. The maximum Gasteiger partial charge on any atom is 0.146 e. The topological polar surface area (TPSA) is 55.4 Å². The van der Waals surface area contributed by atoms with E-state index in [1.165, 1.54) is 0 Å². The number of fused-ring (bicyclic) bond motifs is 1. The number of nitrogens with zero attached hydrogens (tertiary/aromatic N) is 5. The Labute approximate surface area is 123 Å². The molecule has 3 heterocycles. The van der Waals surface area contributed by atoms with Crippen LogP contribution < -0.4 is 0 Å². The summed E-state index contributed by atoms with van der Waals surface area (Å²) in [6.45, 7) is 7.81. The van der Waals surface area contributed by atoms with Crippen molar-refractivity contribution in [1.29, 1.82) is 0 Å². The molecule has 3 aromatic rings. The van der Waals surface area contributed by atoms with Crippen LogP contribution in [0.25, 0.3) is 16.8 Å². The molecule has 0 N–H and O–H groups in total. The minimum Gasteiger partial charge on any atom is -0.257 e. The highest BCUT2D eigenvalue weighted by Crippen LogP contribution is 2.26. The zero-order valence-electron chi connectivity index (χ0n) is 12.6. The summed E-state index contributed by atoms with van der Waals surface area (Å²) >= 11 is 0. The van der Waals surface area contributed by atoms with Crippen LogP contribution in [-0.2, 0) is 0 Å². The summed E-state index contributed by atoms with van der Waals surface area (Å²) in [4.78, 5) is 13.4. The lowest BCUT2D eigenvalue weighted by molar-refractivity contribution is 0.857. The molecule has 0 unspecified atom stereocenters. The fourth-order valence-corrected chi connectivity index (χ4v) is 2.27. The molecule has 0 aliphatic heterocycles. The molecule has 0 bridgehead atoms. The SMILES string of the molecule is CC(C)=Nc1ccc(-c2ccn3nc(C)ncc23)nc1C. The van der Waals surface area contributed by atoms with E-state index in [0.29, 0.717) is 0 Å². The number of rotatable bonds is 2. The van der Waals surface area contributed by atoms with Crippen molar-refractivity contribution < 1.29 is 0 Å². The van der Waals surface area contributed by atoms with Gasteiger partial charge in [-0.1, -0.05) is 0 Å². The van der Waals surface area contributed by atoms with E-state index in [2.05, 4.69) is 20.1 Å². The molecule has 0 aliphatic rings. The fraction of sp³-hybridized carbons (Fsp3) is 0.250. The van der Waals surface area contributed by atoms with Crippen LogP contribution in [0.1, 0.15) is 25.4 Å². The number of pyridine rings is 1. The zero-order chi connectivity index (χ0) is 15.0. The molecule has 0 radical (unpaired) electrons. The normalized spacial score (nSPS) is 10.9. The van der Waals surface area contributed by atoms with Crippen LogP contribution in [0.4, 0.5) is 5.69 Å². The molecule has 0 atom stereocenters. The molecule has 0 spiro atoms. The van der Waals surface area contributed by atoms with Crippen molar-refractivity contribution in [3.63, 3.8) is 0 Å². The highest BCUT2D eigenvalue weighted by atomic mass is 15.2. The second-order valence-electron chi connectivity index (χ2n) is 5.22. The molecule has 106 valence electrons.